The van der Waals surface area contributed by atoms with Gasteiger partial charge in [-0.3, -0.25) is 0 Å². The van der Waals surface area contributed by atoms with E-state index in [1.54, 1.807) is 0 Å². The largest absolute Gasteiger partial charge is 0.415 e. The van der Waals surface area contributed by atoms with E-state index in [1.165, 1.54) is 30.2 Å². The molecule has 1 heterocycles. The molecule has 0 saturated heterocycles. The number of hydrogen-bond donors (Lipinski definition) is 0. The van der Waals surface area contributed by atoms with Crippen LogP contribution in [0.15, 0.2) is 58.2 Å². The van der Waals surface area contributed by atoms with E-state index in [4.69, 9.17) is 27.6 Å². The molecule has 3 aromatic rings. The van der Waals surface area contributed by atoms with Gasteiger partial charge in [0.05, 0.1) is 15.5 Å². The molecule has 3 nitrogen and oxygen atoms in total. The summed E-state index contributed by atoms with van der Waals surface area (Å²) in [6.45, 7) is 0. The molecule has 0 bridgehead atoms. The van der Waals surface area contributed by atoms with E-state index in [1.807, 2.05) is 24.3 Å². The van der Waals surface area contributed by atoms with Crippen molar-refractivity contribution >= 4 is 35.0 Å². The average molecular weight is 405 g/mol. The zero-order chi connectivity index (χ0) is 18.0. The number of rotatable bonds is 5. The maximum Gasteiger partial charge on any atom is 0.276 e. The predicted octanol–water partition coefficient (Wildman–Crippen LogP) is 6.53. The zero-order valence-corrected chi connectivity index (χ0v) is 16.4. The van der Waals surface area contributed by atoms with Crippen molar-refractivity contribution in [1.82, 2.24) is 10.2 Å². The summed E-state index contributed by atoms with van der Waals surface area (Å²) in [6, 6.07) is 16.2. The molecule has 26 heavy (non-hydrogen) atoms. The fourth-order valence-electron chi connectivity index (χ4n) is 3.60. The van der Waals surface area contributed by atoms with E-state index in [2.05, 4.69) is 34.5 Å². The van der Waals surface area contributed by atoms with Crippen LogP contribution in [-0.2, 0) is 11.2 Å². The summed E-state index contributed by atoms with van der Waals surface area (Å²) in [4.78, 5) is 0. The Morgan fingerprint density at radius 1 is 0.962 bits per heavy atom. The summed E-state index contributed by atoms with van der Waals surface area (Å²) in [5.41, 5.74) is 2.20. The fraction of sp³-hybridized carbons (Fsp3) is 0.300. The molecule has 1 aliphatic rings. The van der Waals surface area contributed by atoms with Crippen molar-refractivity contribution < 1.29 is 4.42 Å². The lowest BCUT2D eigenvalue weighted by Gasteiger charge is -2.25. The third-order valence-corrected chi connectivity index (χ3v) is 6.57. The summed E-state index contributed by atoms with van der Waals surface area (Å²) >= 11 is 13.6. The van der Waals surface area contributed by atoms with Crippen LogP contribution in [0.2, 0.25) is 10.0 Å². The Labute approximate surface area is 167 Å². The number of hydrogen-bond acceptors (Lipinski definition) is 4. The number of halogens is 2. The van der Waals surface area contributed by atoms with Gasteiger partial charge in [0.2, 0.25) is 5.89 Å². The van der Waals surface area contributed by atoms with Gasteiger partial charge < -0.3 is 4.42 Å². The minimum absolute atomic E-state index is 0.142. The van der Waals surface area contributed by atoms with Crippen LogP contribution < -0.4 is 0 Å². The van der Waals surface area contributed by atoms with E-state index in [9.17, 15) is 0 Å². The van der Waals surface area contributed by atoms with Crippen LogP contribution in [-0.4, -0.2) is 10.2 Å². The number of nitrogens with zero attached hydrogens (tertiary/aromatic N) is 2. The average Bonchev–Trinajstić information content (AvgIpc) is 3.33. The van der Waals surface area contributed by atoms with Crippen molar-refractivity contribution in [3.8, 4) is 0 Å². The van der Waals surface area contributed by atoms with Gasteiger partial charge in [0, 0.05) is 5.75 Å². The molecule has 0 N–H and O–H groups in total. The van der Waals surface area contributed by atoms with Crippen LogP contribution in [0.25, 0.3) is 0 Å². The van der Waals surface area contributed by atoms with E-state index in [0.29, 0.717) is 21.0 Å². The molecule has 6 heteroatoms. The van der Waals surface area contributed by atoms with Crippen LogP contribution in [0.1, 0.15) is 42.7 Å². The fourth-order valence-corrected chi connectivity index (χ4v) is 4.62. The summed E-state index contributed by atoms with van der Waals surface area (Å²) in [5.74, 6) is 1.44. The Kier molecular flexibility index (Phi) is 5.25. The van der Waals surface area contributed by atoms with E-state index in [-0.39, 0.29) is 5.41 Å². The maximum atomic E-state index is 6.08. The highest BCUT2D eigenvalue weighted by Gasteiger charge is 2.42. The van der Waals surface area contributed by atoms with E-state index in [0.717, 1.165) is 24.3 Å². The van der Waals surface area contributed by atoms with Gasteiger partial charge in [-0.2, -0.15) is 0 Å². The molecule has 1 aromatic heterocycles. The molecule has 0 atom stereocenters. The van der Waals surface area contributed by atoms with Gasteiger partial charge in [-0.05, 0) is 36.1 Å². The van der Waals surface area contributed by atoms with Crippen LogP contribution in [0.5, 0.6) is 0 Å². The second-order valence-electron chi connectivity index (χ2n) is 6.57. The summed E-state index contributed by atoms with van der Waals surface area (Å²) in [7, 11) is 0. The molecular formula is C20H18Cl2N2OS. The predicted molar refractivity (Wildman–Crippen MR) is 106 cm³/mol. The number of aromatic nitrogens is 2. The number of benzene rings is 2. The molecule has 0 spiro atoms. The van der Waals surface area contributed by atoms with Gasteiger partial charge in [0.15, 0.2) is 0 Å². The first kappa shape index (κ1) is 17.9. The van der Waals surface area contributed by atoms with Crippen molar-refractivity contribution in [3.05, 3.63) is 75.6 Å². The minimum Gasteiger partial charge on any atom is -0.415 e. The third-order valence-electron chi connectivity index (χ3n) is 4.95. The minimum atomic E-state index is -0.142. The van der Waals surface area contributed by atoms with E-state index < -0.39 is 0 Å². The van der Waals surface area contributed by atoms with Gasteiger partial charge in [0.25, 0.3) is 5.22 Å². The molecule has 0 aliphatic heterocycles. The van der Waals surface area contributed by atoms with Crippen LogP contribution >= 0.6 is 35.0 Å². The van der Waals surface area contributed by atoms with Crippen LogP contribution in [0.4, 0.5) is 0 Å². The Balaban J connectivity index is 1.54. The topological polar surface area (TPSA) is 38.9 Å². The molecule has 1 saturated carbocycles. The van der Waals surface area contributed by atoms with Crippen molar-refractivity contribution in [2.45, 2.75) is 42.1 Å². The maximum absolute atomic E-state index is 6.08. The van der Waals surface area contributed by atoms with E-state index >= 15 is 0 Å². The molecule has 134 valence electrons. The Morgan fingerprint density at radius 2 is 1.73 bits per heavy atom. The molecule has 1 aliphatic carbocycles. The second-order valence-corrected chi connectivity index (χ2v) is 8.31. The lowest BCUT2D eigenvalue weighted by atomic mass is 9.79. The molecule has 2 aromatic carbocycles. The second kappa shape index (κ2) is 7.63. The first-order valence-corrected chi connectivity index (χ1v) is 10.4. The first-order chi connectivity index (χ1) is 12.7. The van der Waals surface area contributed by atoms with Gasteiger partial charge >= 0.3 is 0 Å². The van der Waals surface area contributed by atoms with Crippen LogP contribution in [0.3, 0.4) is 0 Å². The third kappa shape index (κ3) is 3.51. The van der Waals surface area contributed by atoms with Gasteiger partial charge in [-0.25, -0.2) is 0 Å². The normalized spacial score (nSPS) is 16.1. The molecule has 0 amide bonds. The lowest BCUT2D eigenvalue weighted by Crippen LogP contribution is -2.24. The smallest absolute Gasteiger partial charge is 0.276 e. The monoisotopic (exact) mass is 404 g/mol. The molecular weight excluding hydrogens is 387 g/mol. The molecule has 1 fully saturated rings. The summed E-state index contributed by atoms with van der Waals surface area (Å²) in [6.07, 6.45) is 4.47. The Hall–Kier alpha value is -1.49. The highest BCUT2D eigenvalue weighted by Crippen LogP contribution is 2.46. The lowest BCUT2D eigenvalue weighted by molar-refractivity contribution is 0.335. The van der Waals surface area contributed by atoms with Crippen LogP contribution in [0, 0.1) is 0 Å². The molecule has 4 rings (SSSR count). The first-order valence-electron chi connectivity index (χ1n) is 8.64. The van der Waals surface area contributed by atoms with Gasteiger partial charge in [0.1, 0.15) is 0 Å². The Bertz CT molecular complexity index is 892. The van der Waals surface area contributed by atoms with Crippen molar-refractivity contribution in [2.24, 2.45) is 0 Å². The Morgan fingerprint density at radius 3 is 2.46 bits per heavy atom. The van der Waals surface area contributed by atoms with Gasteiger partial charge in [-0.1, -0.05) is 84.2 Å². The summed E-state index contributed by atoms with van der Waals surface area (Å²) in [5, 5.41) is 10.4. The SMILES string of the molecule is Clc1ccc(CSc2nnc(C3(c4ccccc4)CCCC3)o2)cc1Cl. The molecule has 0 radical (unpaired) electrons. The van der Waals surface area contributed by atoms with Crippen molar-refractivity contribution in [2.75, 3.05) is 0 Å². The van der Waals surface area contributed by atoms with Gasteiger partial charge in [-0.15, -0.1) is 10.2 Å². The number of thioether (sulfide) groups is 1. The zero-order valence-electron chi connectivity index (χ0n) is 14.1. The molecule has 0 unspecified atom stereocenters. The standard InChI is InChI=1S/C20H18Cl2N2OS/c21-16-9-8-14(12-17(16)22)13-26-19-24-23-18(25-19)20(10-4-5-11-20)15-6-2-1-3-7-15/h1-3,6-9,12H,4-5,10-11,13H2. The van der Waals surface area contributed by atoms with Crippen molar-refractivity contribution in [3.63, 3.8) is 0 Å². The quantitative estimate of drug-likeness (QED) is 0.453. The summed E-state index contributed by atoms with van der Waals surface area (Å²) < 4.78 is 6.08. The highest BCUT2D eigenvalue weighted by molar-refractivity contribution is 7.98. The van der Waals surface area contributed by atoms with Crippen molar-refractivity contribution in [1.29, 1.82) is 0 Å². The highest BCUT2D eigenvalue weighted by atomic mass is 35.5.